The second kappa shape index (κ2) is 5.96. The average Bonchev–Trinajstić information content (AvgIpc) is 3.08. The maximum absolute atomic E-state index is 13.1. The van der Waals surface area contributed by atoms with E-state index in [1.807, 2.05) is 18.2 Å². The summed E-state index contributed by atoms with van der Waals surface area (Å²) in [5.74, 6) is -1.37. The molecule has 8 heteroatoms. The second-order valence-electron chi connectivity index (χ2n) is 5.86. The molecule has 126 valence electrons. The first kappa shape index (κ1) is 15.8. The summed E-state index contributed by atoms with van der Waals surface area (Å²) in [6.45, 7) is 0.239. The number of aliphatic carboxylic acids is 1. The molecular weight excluding hydrogens is 388 g/mol. The summed E-state index contributed by atoms with van der Waals surface area (Å²) in [5, 5.41) is 9.62. The molecule has 1 amide bonds. The minimum Gasteiger partial charge on any atom is -0.480 e. The number of carboxylic acid groups (broad SMARTS) is 1. The Balaban J connectivity index is 1.78. The van der Waals surface area contributed by atoms with Crippen molar-refractivity contribution in [3.8, 4) is 0 Å². The zero-order chi connectivity index (χ0) is 17.6. The number of nitrogens with one attached hydrogen (secondary N) is 1. The third kappa shape index (κ3) is 2.68. The summed E-state index contributed by atoms with van der Waals surface area (Å²) in [4.78, 5) is 37.3. The van der Waals surface area contributed by atoms with Gasteiger partial charge >= 0.3 is 5.97 Å². The lowest BCUT2D eigenvalue weighted by Gasteiger charge is -2.34. The summed E-state index contributed by atoms with van der Waals surface area (Å²) >= 11 is 3.42. The molecule has 2 aromatic heterocycles. The number of carbonyl (C=O) groups is 2. The van der Waals surface area contributed by atoms with E-state index in [1.54, 1.807) is 6.07 Å². The molecule has 25 heavy (non-hydrogen) atoms. The summed E-state index contributed by atoms with van der Waals surface area (Å²) in [6.07, 6.45) is 3.24. The molecule has 4 rings (SSSR count). The molecule has 0 saturated heterocycles. The van der Waals surface area contributed by atoms with Crippen LogP contribution in [0.4, 0.5) is 0 Å². The van der Waals surface area contributed by atoms with Crippen molar-refractivity contribution < 1.29 is 14.7 Å². The number of pyridine rings is 1. The number of aromatic nitrogens is 3. The monoisotopic (exact) mass is 400 g/mol. The lowest BCUT2D eigenvalue weighted by Crippen LogP contribution is -2.48. The number of hydrogen-bond acceptors (Lipinski definition) is 4. The lowest BCUT2D eigenvalue weighted by atomic mass is 9.93. The maximum Gasteiger partial charge on any atom is 0.326 e. The number of benzene rings is 1. The van der Waals surface area contributed by atoms with E-state index in [9.17, 15) is 14.7 Å². The zero-order valence-electron chi connectivity index (χ0n) is 12.9. The SMILES string of the molecule is O=C(O)C1Cc2ccc(Br)cc2CN1C(=O)c1ccnc2nc[nH]c12. The van der Waals surface area contributed by atoms with Crippen LogP contribution in [-0.4, -0.2) is 42.9 Å². The number of nitrogens with zero attached hydrogens (tertiary/aromatic N) is 3. The van der Waals surface area contributed by atoms with E-state index in [1.165, 1.54) is 17.4 Å². The Labute approximate surface area is 150 Å². The summed E-state index contributed by atoms with van der Waals surface area (Å²) in [5.41, 5.74) is 3.19. The quantitative estimate of drug-likeness (QED) is 0.687. The van der Waals surface area contributed by atoms with Gasteiger partial charge in [0.25, 0.3) is 5.91 Å². The van der Waals surface area contributed by atoms with Crippen LogP contribution < -0.4 is 0 Å². The van der Waals surface area contributed by atoms with Crippen molar-refractivity contribution in [1.29, 1.82) is 0 Å². The average molecular weight is 401 g/mol. The molecule has 1 atom stereocenters. The Hall–Kier alpha value is -2.74. The molecule has 1 unspecified atom stereocenters. The number of hydrogen-bond donors (Lipinski definition) is 2. The van der Waals surface area contributed by atoms with E-state index < -0.39 is 12.0 Å². The minimum atomic E-state index is -1.02. The fourth-order valence-corrected chi connectivity index (χ4v) is 3.58. The summed E-state index contributed by atoms with van der Waals surface area (Å²) in [6, 6.07) is 6.37. The number of halogens is 1. The first-order valence-corrected chi connectivity index (χ1v) is 8.43. The number of imidazole rings is 1. The highest BCUT2D eigenvalue weighted by Gasteiger charge is 2.35. The van der Waals surface area contributed by atoms with Crippen molar-refractivity contribution in [3.05, 3.63) is 58.0 Å². The number of fused-ring (bicyclic) bond motifs is 2. The van der Waals surface area contributed by atoms with Crippen LogP contribution in [0, 0.1) is 0 Å². The fraction of sp³-hybridized carbons (Fsp3) is 0.176. The fourth-order valence-electron chi connectivity index (χ4n) is 3.17. The van der Waals surface area contributed by atoms with Crippen LogP contribution >= 0.6 is 15.9 Å². The van der Waals surface area contributed by atoms with Gasteiger partial charge in [0.1, 0.15) is 6.04 Å². The largest absolute Gasteiger partial charge is 0.480 e. The van der Waals surface area contributed by atoms with Crippen LogP contribution in [0.25, 0.3) is 11.2 Å². The molecule has 7 nitrogen and oxygen atoms in total. The van der Waals surface area contributed by atoms with Gasteiger partial charge in [-0.1, -0.05) is 22.0 Å². The molecule has 0 fully saturated rings. The Morgan fingerprint density at radius 1 is 1.24 bits per heavy atom. The molecule has 0 spiro atoms. The van der Waals surface area contributed by atoms with Crippen molar-refractivity contribution in [1.82, 2.24) is 19.9 Å². The van der Waals surface area contributed by atoms with Crippen LogP contribution in [0.2, 0.25) is 0 Å². The zero-order valence-corrected chi connectivity index (χ0v) is 14.5. The van der Waals surface area contributed by atoms with E-state index in [0.717, 1.165) is 15.6 Å². The Morgan fingerprint density at radius 3 is 2.88 bits per heavy atom. The van der Waals surface area contributed by atoms with E-state index in [0.29, 0.717) is 16.7 Å². The van der Waals surface area contributed by atoms with Crippen molar-refractivity contribution >= 4 is 39.0 Å². The van der Waals surface area contributed by atoms with Crippen LogP contribution in [0.15, 0.2) is 41.3 Å². The Kier molecular flexibility index (Phi) is 3.76. The molecule has 3 heterocycles. The van der Waals surface area contributed by atoms with Crippen molar-refractivity contribution in [2.45, 2.75) is 19.0 Å². The van der Waals surface area contributed by atoms with Gasteiger partial charge in [0.05, 0.1) is 17.4 Å². The number of carbonyl (C=O) groups excluding carboxylic acids is 1. The van der Waals surface area contributed by atoms with E-state index >= 15 is 0 Å². The standard InChI is InChI=1S/C17H13BrN4O3/c18-11-2-1-9-6-13(17(24)25)22(7-10(9)5-11)16(23)12-3-4-19-15-14(12)20-8-21-15/h1-5,8,13H,6-7H2,(H,24,25)(H,19,20,21). The highest BCUT2D eigenvalue weighted by molar-refractivity contribution is 9.10. The van der Waals surface area contributed by atoms with Gasteiger partial charge in [0, 0.05) is 23.6 Å². The van der Waals surface area contributed by atoms with Crippen LogP contribution in [-0.2, 0) is 17.8 Å². The third-order valence-electron chi connectivity index (χ3n) is 4.40. The smallest absolute Gasteiger partial charge is 0.326 e. The molecule has 2 N–H and O–H groups in total. The van der Waals surface area contributed by atoms with Crippen molar-refractivity contribution in [3.63, 3.8) is 0 Å². The molecular formula is C17H13BrN4O3. The number of carboxylic acids is 1. The molecule has 1 aliphatic heterocycles. The van der Waals surface area contributed by atoms with Gasteiger partial charge in [-0.25, -0.2) is 14.8 Å². The molecule has 1 aliphatic rings. The normalized spacial score (nSPS) is 16.7. The molecule has 0 saturated carbocycles. The summed E-state index contributed by atoms with van der Waals surface area (Å²) < 4.78 is 0.896. The first-order valence-electron chi connectivity index (χ1n) is 7.64. The molecule has 3 aromatic rings. The van der Waals surface area contributed by atoms with Gasteiger partial charge in [0.15, 0.2) is 5.65 Å². The summed E-state index contributed by atoms with van der Waals surface area (Å²) in [7, 11) is 0. The lowest BCUT2D eigenvalue weighted by molar-refractivity contribution is -0.142. The first-order chi connectivity index (χ1) is 12.0. The minimum absolute atomic E-state index is 0.239. The number of rotatable bonds is 2. The van der Waals surface area contributed by atoms with E-state index in [-0.39, 0.29) is 18.9 Å². The van der Waals surface area contributed by atoms with Crippen molar-refractivity contribution in [2.24, 2.45) is 0 Å². The molecule has 0 aliphatic carbocycles. The second-order valence-corrected chi connectivity index (χ2v) is 6.78. The van der Waals surface area contributed by atoms with Gasteiger partial charge in [-0.2, -0.15) is 0 Å². The van der Waals surface area contributed by atoms with Gasteiger partial charge in [0.2, 0.25) is 0 Å². The van der Waals surface area contributed by atoms with Crippen LogP contribution in [0.1, 0.15) is 21.5 Å². The van der Waals surface area contributed by atoms with Gasteiger partial charge in [-0.3, -0.25) is 4.79 Å². The number of H-pyrrole nitrogens is 1. The number of aromatic amines is 1. The van der Waals surface area contributed by atoms with Crippen molar-refractivity contribution in [2.75, 3.05) is 0 Å². The highest BCUT2D eigenvalue weighted by Crippen LogP contribution is 2.28. The Bertz CT molecular complexity index is 1000. The third-order valence-corrected chi connectivity index (χ3v) is 4.89. The highest BCUT2D eigenvalue weighted by atomic mass is 79.9. The predicted molar refractivity (Wildman–Crippen MR) is 93.0 cm³/mol. The van der Waals surface area contributed by atoms with Gasteiger partial charge in [-0.15, -0.1) is 0 Å². The molecule has 1 aromatic carbocycles. The van der Waals surface area contributed by atoms with E-state index in [4.69, 9.17) is 0 Å². The van der Waals surface area contributed by atoms with Crippen LogP contribution in [0.3, 0.4) is 0 Å². The maximum atomic E-state index is 13.1. The van der Waals surface area contributed by atoms with Crippen LogP contribution in [0.5, 0.6) is 0 Å². The number of amides is 1. The van der Waals surface area contributed by atoms with Gasteiger partial charge < -0.3 is 15.0 Å². The molecule has 0 radical (unpaired) electrons. The van der Waals surface area contributed by atoms with Gasteiger partial charge in [-0.05, 0) is 29.3 Å². The van der Waals surface area contributed by atoms with E-state index in [2.05, 4.69) is 30.9 Å². The predicted octanol–water partition coefficient (Wildman–Crippen LogP) is 2.37. The molecule has 0 bridgehead atoms. The topological polar surface area (TPSA) is 99.2 Å². The Morgan fingerprint density at radius 2 is 2.08 bits per heavy atom.